The van der Waals surface area contributed by atoms with Gasteiger partial charge in [0, 0.05) is 0 Å². The lowest BCUT2D eigenvalue weighted by molar-refractivity contribution is 0.0697. The number of hydrogen-bond acceptors (Lipinski definition) is 5. The van der Waals surface area contributed by atoms with Gasteiger partial charge in [0.15, 0.2) is 0 Å². The molecule has 18 heavy (non-hydrogen) atoms. The largest absolute Gasteiger partial charge is 0.478 e. The van der Waals surface area contributed by atoms with Gasteiger partial charge in [-0.3, -0.25) is 5.43 Å². The topological polar surface area (TPSA) is 109 Å². The molecule has 0 aliphatic carbocycles. The lowest BCUT2D eigenvalue weighted by Gasteiger charge is -2.07. The predicted octanol–water partition coefficient (Wildman–Crippen LogP) is 1.99. The number of nitriles is 2. The number of halogens is 2. The first-order valence-corrected chi connectivity index (χ1v) is 4.74. The number of benzene rings is 1. The van der Waals surface area contributed by atoms with E-state index in [0.717, 1.165) is 12.1 Å². The molecule has 1 aromatic rings. The molecule has 0 unspecified atom stereocenters. The van der Waals surface area contributed by atoms with Crippen LogP contribution in [0.15, 0.2) is 17.2 Å². The number of nitrogens with zero attached hydrogens (tertiary/aromatic N) is 3. The van der Waals surface area contributed by atoms with Crippen molar-refractivity contribution < 1.29 is 14.3 Å². The Hall–Kier alpha value is -2.64. The molecule has 90 valence electrons. The summed E-state index contributed by atoms with van der Waals surface area (Å²) in [6, 6.07) is 4.87. The summed E-state index contributed by atoms with van der Waals surface area (Å²) >= 11 is 5.61. The average molecular weight is 267 g/mol. The third-order valence-electron chi connectivity index (χ3n) is 1.81. The van der Waals surface area contributed by atoms with E-state index in [1.165, 1.54) is 12.1 Å². The van der Waals surface area contributed by atoms with Gasteiger partial charge in [-0.25, -0.2) is 9.18 Å². The van der Waals surface area contributed by atoms with Crippen LogP contribution in [-0.4, -0.2) is 16.8 Å². The number of anilines is 1. The Morgan fingerprint density at radius 3 is 2.56 bits per heavy atom. The molecule has 0 aliphatic heterocycles. The lowest BCUT2D eigenvalue weighted by Crippen LogP contribution is -2.07. The highest BCUT2D eigenvalue weighted by atomic mass is 35.5. The van der Waals surface area contributed by atoms with E-state index in [9.17, 15) is 9.18 Å². The van der Waals surface area contributed by atoms with Crippen molar-refractivity contribution in [2.45, 2.75) is 0 Å². The number of nitrogens with one attached hydrogen (secondary N) is 1. The molecule has 0 heterocycles. The SMILES string of the molecule is N#CC(C#N)=NNc1c(F)ccc(Cl)c1C(=O)O. The summed E-state index contributed by atoms with van der Waals surface area (Å²) < 4.78 is 13.4. The van der Waals surface area contributed by atoms with Gasteiger partial charge in [0.1, 0.15) is 29.2 Å². The molecule has 0 saturated heterocycles. The van der Waals surface area contributed by atoms with Gasteiger partial charge >= 0.3 is 5.97 Å². The molecule has 0 spiro atoms. The maximum Gasteiger partial charge on any atom is 0.339 e. The second-order valence-electron chi connectivity index (χ2n) is 2.88. The predicted molar refractivity (Wildman–Crippen MR) is 60.7 cm³/mol. The van der Waals surface area contributed by atoms with Crippen molar-refractivity contribution in [3.8, 4) is 12.1 Å². The fourth-order valence-corrected chi connectivity index (χ4v) is 1.30. The van der Waals surface area contributed by atoms with Gasteiger partial charge in [-0.1, -0.05) is 11.6 Å². The van der Waals surface area contributed by atoms with E-state index in [1.807, 2.05) is 5.43 Å². The van der Waals surface area contributed by atoms with E-state index in [2.05, 4.69) is 5.10 Å². The summed E-state index contributed by atoms with van der Waals surface area (Å²) in [5.74, 6) is -2.39. The molecule has 1 aromatic carbocycles. The summed E-state index contributed by atoms with van der Waals surface area (Å²) in [7, 11) is 0. The first kappa shape index (κ1) is 13.4. The minimum Gasteiger partial charge on any atom is -0.478 e. The van der Waals surface area contributed by atoms with Gasteiger partial charge in [0.05, 0.1) is 5.02 Å². The number of carbonyl (C=O) groups is 1. The lowest BCUT2D eigenvalue weighted by atomic mass is 10.1. The molecule has 8 heteroatoms. The summed E-state index contributed by atoms with van der Waals surface area (Å²) in [5, 5.41) is 28.8. The number of hydrazone groups is 1. The molecule has 1 rings (SSSR count). The highest BCUT2D eigenvalue weighted by Crippen LogP contribution is 2.27. The fourth-order valence-electron chi connectivity index (χ4n) is 1.06. The van der Waals surface area contributed by atoms with Gasteiger partial charge in [-0.05, 0) is 12.1 Å². The highest BCUT2D eigenvalue weighted by molar-refractivity contribution is 6.34. The van der Waals surface area contributed by atoms with Gasteiger partial charge in [0.25, 0.3) is 0 Å². The Morgan fingerprint density at radius 2 is 2.06 bits per heavy atom. The maximum absolute atomic E-state index is 13.4. The van der Waals surface area contributed by atoms with Crippen LogP contribution in [0.25, 0.3) is 0 Å². The Bertz CT molecular complexity index is 600. The molecule has 0 aliphatic rings. The second-order valence-corrected chi connectivity index (χ2v) is 3.29. The quantitative estimate of drug-likeness (QED) is 0.642. The zero-order chi connectivity index (χ0) is 13.7. The van der Waals surface area contributed by atoms with Crippen LogP contribution in [0.4, 0.5) is 10.1 Å². The molecule has 0 fully saturated rings. The van der Waals surface area contributed by atoms with Crippen LogP contribution >= 0.6 is 11.6 Å². The zero-order valence-corrected chi connectivity index (χ0v) is 9.36. The molecular formula is C10H4ClFN4O2. The van der Waals surface area contributed by atoms with E-state index in [-0.39, 0.29) is 5.02 Å². The standard InChI is InChI=1S/C10H4ClFN4O2/c11-6-1-2-7(12)9(8(6)10(17)18)16-15-5(3-13)4-14/h1-2,16H,(H,17,18). The summed E-state index contributed by atoms with van der Waals surface area (Å²) in [5.41, 5.74) is 0.383. The van der Waals surface area contributed by atoms with Gasteiger partial charge in [-0.2, -0.15) is 15.6 Å². The van der Waals surface area contributed by atoms with E-state index >= 15 is 0 Å². The van der Waals surface area contributed by atoms with Crippen molar-refractivity contribution in [3.05, 3.63) is 28.5 Å². The van der Waals surface area contributed by atoms with Crippen molar-refractivity contribution >= 4 is 29.0 Å². The highest BCUT2D eigenvalue weighted by Gasteiger charge is 2.18. The molecular weight excluding hydrogens is 263 g/mol. The van der Waals surface area contributed by atoms with Crippen molar-refractivity contribution in [3.63, 3.8) is 0 Å². The Kier molecular flexibility index (Phi) is 4.19. The number of hydrogen-bond donors (Lipinski definition) is 2. The maximum atomic E-state index is 13.4. The van der Waals surface area contributed by atoms with Gasteiger partial charge in [-0.15, -0.1) is 0 Å². The number of rotatable bonds is 3. The van der Waals surface area contributed by atoms with Crippen molar-refractivity contribution in [2.75, 3.05) is 5.43 Å². The fraction of sp³-hybridized carbons (Fsp3) is 0. The third kappa shape index (κ3) is 2.73. The summed E-state index contributed by atoms with van der Waals surface area (Å²) in [4.78, 5) is 10.9. The van der Waals surface area contributed by atoms with Gasteiger partial charge in [0.2, 0.25) is 5.71 Å². The first-order chi connectivity index (χ1) is 8.51. The van der Waals surface area contributed by atoms with Crippen LogP contribution in [0, 0.1) is 28.5 Å². The smallest absolute Gasteiger partial charge is 0.339 e. The van der Waals surface area contributed by atoms with Crippen LogP contribution in [0.5, 0.6) is 0 Å². The van der Waals surface area contributed by atoms with Crippen molar-refractivity contribution in [1.82, 2.24) is 0 Å². The summed E-state index contributed by atoms with van der Waals surface area (Å²) in [6.45, 7) is 0. The van der Waals surface area contributed by atoms with Crippen LogP contribution in [-0.2, 0) is 0 Å². The molecule has 0 atom stereocenters. The Balaban J connectivity index is 3.30. The first-order valence-electron chi connectivity index (χ1n) is 4.36. The van der Waals surface area contributed by atoms with Crippen LogP contribution < -0.4 is 5.43 Å². The van der Waals surface area contributed by atoms with Crippen molar-refractivity contribution in [1.29, 1.82) is 10.5 Å². The molecule has 6 nitrogen and oxygen atoms in total. The molecule has 2 N–H and O–H groups in total. The second kappa shape index (κ2) is 5.62. The molecule has 0 saturated carbocycles. The minimum absolute atomic E-state index is 0.197. The molecule has 0 aromatic heterocycles. The van der Waals surface area contributed by atoms with Crippen molar-refractivity contribution in [2.24, 2.45) is 5.10 Å². The number of aromatic carboxylic acids is 1. The Labute approximate surface area is 106 Å². The number of carboxylic acids is 1. The van der Waals surface area contributed by atoms with Crippen LogP contribution in [0.1, 0.15) is 10.4 Å². The normalized spacial score (nSPS) is 8.89. The van der Waals surface area contributed by atoms with E-state index in [1.54, 1.807) is 0 Å². The minimum atomic E-state index is -1.47. The van der Waals surface area contributed by atoms with Crippen LogP contribution in [0.3, 0.4) is 0 Å². The molecule has 0 bridgehead atoms. The Morgan fingerprint density at radius 1 is 1.44 bits per heavy atom. The number of carboxylic acid groups (broad SMARTS) is 1. The zero-order valence-electron chi connectivity index (χ0n) is 8.61. The van der Waals surface area contributed by atoms with E-state index < -0.39 is 28.7 Å². The molecule has 0 amide bonds. The van der Waals surface area contributed by atoms with E-state index in [4.69, 9.17) is 27.2 Å². The van der Waals surface area contributed by atoms with Crippen LogP contribution in [0.2, 0.25) is 5.02 Å². The monoisotopic (exact) mass is 266 g/mol. The molecule has 0 radical (unpaired) electrons. The average Bonchev–Trinajstić information content (AvgIpc) is 2.34. The summed E-state index contributed by atoms with van der Waals surface area (Å²) in [6.07, 6.45) is 0. The van der Waals surface area contributed by atoms with Gasteiger partial charge < -0.3 is 5.11 Å². The van der Waals surface area contributed by atoms with E-state index in [0.29, 0.717) is 0 Å². The third-order valence-corrected chi connectivity index (χ3v) is 2.12.